The minimum absolute atomic E-state index is 0.137. The van der Waals surface area contributed by atoms with Crippen molar-refractivity contribution in [2.24, 2.45) is 11.3 Å². The second kappa shape index (κ2) is 6.15. The Balaban J connectivity index is 1.90. The summed E-state index contributed by atoms with van der Waals surface area (Å²) in [6, 6.07) is 3.85. The van der Waals surface area contributed by atoms with Crippen LogP contribution in [-0.4, -0.2) is 24.0 Å². The van der Waals surface area contributed by atoms with Gasteiger partial charge in [0.15, 0.2) is 0 Å². The van der Waals surface area contributed by atoms with Gasteiger partial charge < -0.3 is 10.6 Å². The van der Waals surface area contributed by atoms with Gasteiger partial charge in [0.25, 0.3) is 0 Å². The third kappa shape index (κ3) is 3.53. The lowest BCUT2D eigenvalue weighted by molar-refractivity contribution is -0.132. The maximum atomic E-state index is 12.4. The number of amides is 1. The number of nitrogens with zero attached hydrogens (tertiary/aromatic N) is 1. The molecule has 1 aromatic heterocycles. The fourth-order valence-electron chi connectivity index (χ4n) is 2.56. The van der Waals surface area contributed by atoms with Crippen molar-refractivity contribution in [3.05, 3.63) is 30.1 Å². The van der Waals surface area contributed by atoms with Crippen LogP contribution in [0.1, 0.15) is 32.3 Å². The largest absolute Gasteiger partial charge is 0.352 e. The summed E-state index contributed by atoms with van der Waals surface area (Å²) in [5.74, 6) is 0.553. The molecule has 1 aliphatic heterocycles. The number of pyridine rings is 1. The maximum absolute atomic E-state index is 12.4. The van der Waals surface area contributed by atoms with Crippen LogP contribution in [0.15, 0.2) is 24.5 Å². The summed E-state index contributed by atoms with van der Waals surface area (Å²) >= 11 is 0. The van der Waals surface area contributed by atoms with E-state index in [-0.39, 0.29) is 11.3 Å². The number of carbonyl (C=O) groups is 1. The Bertz CT molecular complexity index is 411. The zero-order chi connectivity index (χ0) is 13.7. The van der Waals surface area contributed by atoms with Crippen molar-refractivity contribution >= 4 is 5.91 Å². The van der Waals surface area contributed by atoms with Crippen molar-refractivity contribution in [3.63, 3.8) is 0 Å². The first-order valence-corrected chi connectivity index (χ1v) is 6.98. The lowest BCUT2D eigenvalue weighted by atomic mass is 9.74. The average molecular weight is 261 g/mol. The standard InChI is InChI=1S/C15H23N3O/c1-15(2,13-4-3-7-17-11-13)14(19)18-10-12-5-8-16-9-6-12/h5-6,8-9,13,17H,3-4,7,10-11H2,1-2H3,(H,18,19). The highest BCUT2D eigenvalue weighted by Crippen LogP contribution is 2.31. The highest BCUT2D eigenvalue weighted by molar-refractivity contribution is 5.82. The topological polar surface area (TPSA) is 54.0 Å². The molecule has 1 aliphatic rings. The maximum Gasteiger partial charge on any atom is 0.226 e. The lowest BCUT2D eigenvalue weighted by Crippen LogP contribution is -2.47. The molecule has 0 bridgehead atoms. The number of hydrogen-bond donors (Lipinski definition) is 2. The van der Waals surface area contributed by atoms with Crippen LogP contribution in [0.2, 0.25) is 0 Å². The molecule has 1 unspecified atom stereocenters. The number of hydrogen-bond acceptors (Lipinski definition) is 3. The molecule has 1 atom stereocenters. The van der Waals surface area contributed by atoms with Gasteiger partial charge in [-0.25, -0.2) is 0 Å². The molecule has 0 radical (unpaired) electrons. The van der Waals surface area contributed by atoms with E-state index in [1.54, 1.807) is 12.4 Å². The Morgan fingerprint density at radius 1 is 1.47 bits per heavy atom. The van der Waals surface area contributed by atoms with E-state index in [1.807, 2.05) is 26.0 Å². The molecule has 2 rings (SSSR count). The first-order valence-electron chi connectivity index (χ1n) is 6.98. The number of nitrogens with one attached hydrogen (secondary N) is 2. The van der Waals surface area contributed by atoms with Crippen LogP contribution in [0, 0.1) is 11.3 Å². The molecule has 0 spiro atoms. The van der Waals surface area contributed by atoms with Gasteiger partial charge in [0.05, 0.1) is 0 Å². The second-order valence-electron chi connectivity index (χ2n) is 5.80. The number of aromatic nitrogens is 1. The molecule has 4 heteroatoms. The Morgan fingerprint density at radius 2 is 2.21 bits per heavy atom. The molecule has 2 N–H and O–H groups in total. The van der Waals surface area contributed by atoms with E-state index in [0.29, 0.717) is 12.5 Å². The van der Waals surface area contributed by atoms with Crippen molar-refractivity contribution in [1.29, 1.82) is 0 Å². The zero-order valence-corrected chi connectivity index (χ0v) is 11.8. The quantitative estimate of drug-likeness (QED) is 0.868. The van der Waals surface area contributed by atoms with Gasteiger partial charge in [0.1, 0.15) is 0 Å². The second-order valence-corrected chi connectivity index (χ2v) is 5.80. The zero-order valence-electron chi connectivity index (χ0n) is 11.8. The van der Waals surface area contributed by atoms with Gasteiger partial charge in [0.2, 0.25) is 5.91 Å². The summed E-state index contributed by atoms with van der Waals surface area (Å²) in [4.78, 5) is 16.4. The molecule has 1 fully saturated rings. The first kappa shape index (κ1) is 14.0. The Labute approximate surface area is 115 Å². The fraction of sp³-hybridized carbons (Fsp3) is 0.600. The predicted octanol–water partition coefficient (Wildman–Crippen LogP) is 1.72. The van der Waals surface area contributed by atoms with Crippen molar-refractivity contribution < 1.29 is 4.79 Å². The van der Waals surface area contributed by atoms with Gasteiger partial charge in [-0.1, -0.05) is 13.8 Å². The van der Waals surface area contributed by atoms with E-state index in [1.165, 1.54) is 0 Å². The molecule has 0 aliphatic carbocycles. The van der Waals surface area contributed by atoms with Gasteiger partial charge >= 0.3 is 0 Å². The number of piperidine rings is 1. The van der Waals surface area contributed by atoms with Crippen LogP contribution in [0.5, 0.6) is 0 Å². The Kier molecular flexibility index (Phi) is 4.53. The summed E-state index contributed by atoms with van der Waals surface area (Å²) in [5, 5.41) is 6.42. The SMILES string of the molecule is CC(C)(C(=O)NCc1ccncc1)C1CCCNC1. The smallest absolute Gasteiger partial charge is 0.226 e. The van der Waals surface area contributed by atoms with Gasteiger partial charge in [0, 0.05) is 24.4 Å². The van der Waals surface area contributed by atoms with Crippen LogP contribution in [-0.2, 0) is 11.3 Å². The van der Waals surface area contributed by atoms with E-state index >= 15 is 0 Å². The van der Waals surface area contributed by atoms with Crippen molar-refractivity contribution in [1.82, 2.24) is 15.6 Å². The monoisotopic (exact) mass is 261 g/mol. The van der Waals surface area contributed by atoms with Crippen molar-refractivity contribution in [2.75, 3.05) is 13.1 Å². The van der Waals surface area contributed by atoms with Crippen LogP contribution in [0.3, 0.4) is 0 Å². The van der Waals surface area contributed by atoms with E-state index < -0.39 is 0 Å². The molecule has 1 saturated heterocycles. The van der Waals surface area contributed by atoms with Crippen LogP contribution < -0.4 is 10.6 Å². The summed E-state index contributed by atoms with van der Waals surface area (Å²) < 4.78 is 0. The number of rotatable bonds is 4. The molecule has 4 nitrogen and oxygen atoms in total. The van der Waals surface area contributed by atoms with Crippen LogP contribution >= 0.6 is 0 Å². The molecular weight excluding hydrogens is 238 g/mol. The van der Waals surface area contributed by atoms with Crippen molar-refractivity contribution in [2.45, 2.75) is 33.2 Å². The molecule has 0 saturated carbocycles. The third-order valence-corrected chi connectivity index (χ3v) is 4.11. The minimum Gasteiger partial charge on any atom is -0.352 e. The molecule has 19 heavy (non-hydrogen) atoms. The van der Waals surface area contributed by atoms with E-state index in [4.69, 9.17) is 0 Å². The fourth-order valence-corrected chi connectivity index (χ4v) is 2.56. The van der Waals surface area contributed by atoms with Gasteiger partial charge in [-0.05, 0) is 49.5 Å². The third-order valence-electron chi connectivity index (χ3n) is 4.11. The van der Waals surface area contributed by atoms with E-state index in [2.05, 4.69) is 15.6 Å². The highest BCUT2D eigenvalue weighted by atomic mass is 16.2. The van der Waals surface area contributed by atoms with Crippen molar-refractivity contribution in [3.8, 4) is 0 Å². The molecule has 1 aromatic rings. The molecule has 0 aromatic carbocycles. The highest BCUT2D eigenvalue weighted by Gasteiger charge is 2.36. The molecular formula is C15H23N3O. The Morgan fingerprint density at radius 3 is 2.84 bits per heavy atom. The van der Waals surface area contributed by atoms with Gasteiger partial charge in [-0.2, -0.15) is 0 Å². The normalized spacial score (nSPS) is 20.0. The minimum atomic E-state index is -0.319. The summed E-state index contributed by atoms with van der Waals surface area (Å²) in [7, 11) is 0. The van der Waals surface area contributed by atoms with Gasteiger partial charge in [-0.3, -0.25) is 9.78 Å². The first-order chi connectivity index (χ1) is 9.10. The van der Waals surface area contributed by atoms with E-state index in [9.17, 15) is 4.79 Å². The summed E-state index contributed by atoms with van der Waals surface area (Å²) in [6.07, 6.45) is 5.78. The molecule has 1 amide bonds. The lowest BCUT2D eigenvalue weighted by Gasteiger charge is -2.36. The summed E-state index contributed by atoms with van der Waals surface area (Å²) in [6.45, 7) is 6.69. The number of carbonyl (C=O) groups excluding carboxylic acids is 1. The van der Waals surface area contributed by atoms with Gasteiger partial charge in [-0.15, -0.1) is 0 Å². The average Bonchev–Trinajstić information content (AvgIpc) is 2.46. The van der Waals surface area contributed by atoms with Crippen LogP contribution in [0.4, 0.5) is 0 Å². The molecule has 104 valence electrons. The van der Waals surface area contributed by atoms with E-state index in [0.717, 1.165) is 31.5 Å². The summed E-state index contributed by atoms with van der Waals surface area (Å²) in [5.41, 5.74) is 0.765. The molecule has 2 heterocycles. The Hall–Kier alpha value is -1.42. The predicted molar refractivity (Wildman–Crippen MR) is 75.5 cm³/mol. The van der Waals surface area contributed by atoms with Crippen LogP contribution in [0.25, 0.3) is 0 Å².